The number of carbonyl (C=O) groups is 1. The number of aromatic nitrogens is 1. The van der Waals surface area contributed by atoms with E-state index in [1.165, 1.54) is 22.0 Å². The van der Waals surface area contributed by atoms with Crippen molar-refractivity contribution in [2.24, 2.45) is 4.99 Å². The minimum Gasteiger partial charge on any atom is -0.463 e. The van der Waals surface area contributed by atoms with Gasteiger partial charge in [0.2, 0.25) is 0 Å². The summed E-state index contributed by atoms with van der Waals surface area (Å²) in [4.78, 5) is 42.5. The highest BCUT2D eigenvalue weighted by Crippen LogP contribution is 2.32. The third-order valence-corrected chi connectivity index (χ3v) is 6.88. The number of carbonyl (C=O) groups excluding carboxylic acids is 1. The smallest absolute Gasteiger partial charge is 0.338 e. The molecule has 0 fully saturated rings. The molecule has 186 valence electrons. The van der Waals surface area contributed by atoms with Crippen molar-refractivity contribution in [3.63, 3.8) is 0 Å². The standard InChI is InChI=1S/C27H21N3O6S/c1-3-35-26(32)23-16(2)28-27-29(24(23)17-9-5-4-6-10-17)25(31)22(37-27)15-18-13-14-21(36-18)19-11-7-8-12-20(19)30(33)34/h4-15,24H,3H2,1-2H3/b22-15+/t24-/m1/s1. The van der Waals surface area contributed by atoms with Crippen molar-refractivity contribution in [2.45, 2.75) is 19.9 Å². The van der Waals surface area contributed by atoms with Crippen molar-refractivity contribution in [1.82, 2.24) is 4.57 Å². The van der Waals surface area contributed by atoms with Crippen LogP contribution in [0.2, 0.25) is 0 Å². The molecule has 0 bridgehead atoms. The number of allylic oxidation sites excluding steroid dienone is 1. The van der Waals surface area contributed by atoms with Crippen LogP contribution in [-0.2, 0) is 9.53 Å². The van der Waals surface area contributed by atoms with Gasteiger partial charge in [-0.25, -0.2) is 9.79 Å². The van der Waals surface area contributed by atoms with Crippen LogP contribution in [0.1, 0.15) is 31.2 Å². The van der Waals surface area contributed by atoms with Gasteiger partial charge in [0.1, 0.15) is 11.5 Å². The molecule has 0 unspecified atom stereocenters. The fourth-order valence-corrected chi connectivity index (χ4v) is 5.31. The zero-order chi connectivity index (χ0) is 26.1. The zero-order valence-electron chi connectivity index (χ0n) is 19.9. The Morgan fingerprint density at radius 3 is 2.62 bits per heavy atom. The summed E-state index contributed by atoms with van der Waals surface area (Å²) in [7, 11) is 0. The van der Waals surface area contributed by atoms with Gasteiger partial charge in [0.05, 0.1) is 38.9 Å². The number of hydrogen-bond acceptors (Lipinski definition) is 8. The number of fused-ring (bicyclic) bond motifs is 1. The lowest BCUT2D eigenvalue weighted by Crippen LogP contribution is -2.39. The molecule has 0 radical (unpaired) electrons. The molecular formula is C27H21N3O6S. The Hall–Kier alpha value is -4.57. The van der Waals surface area contributed by atoms with Gasteiger partial charge in [-0.1, -0.05) is 53.8 Å². The molecule has 0 N–H and O–H groups in total. The molecule has 5 rings (SSSR count). The topological polar surface area (TPSA) is 117 Å². The van der Waals surface area contributed by atoms with E-state index >= 15 is 0 Å². The van der Waals surface area contributed by atoms with Crippen LogP contribution in [0.4, 0.5) is 5.69 Å². The average Bonchev–Trinajstić information content (AvgIpc) is 3.48. The number of hydrogen-bond donors (Lipinski definition) is 0. The number of para-hydroxylation sites is 1. The third kappa shape index (κ3) is 4.43. The second-order valence-electron chi connectivity index (χ2n) is 8.19. The maximum atomic E-state index is 13.6. The van der Waals surface area contributed by atoms with E-state index in [0.717, 1.165) is 5.56 Å². The molecule has 0 saturated heterocycles. The second-order valence-corrected chi connectivity index (χ2v) is 9.20. The van der Waals surface area contributed by atoms with Crippen molar-refractivity contribution < 1.29 is 18.9 Å². The molecule has 10 heteroatoms. The Bertz CT molecular complexity index is 1730. The Balaban J connectivity index is 1.63. The van der Waals surface area contributed by atoms with Gasteiger partial charge in [-0.15, -0.1) is 0 Å². The number of thiazole rings is 1. The van der Waals surface area contributed by atoms with Gasteiger partial charge in [-0.05, 0) is 37.6 Å². The number of esters is 1. The van der Waals surface area contributed by atoms with Gasteiger partial charge in [-0.2, -0.15) is 0 Å². The second kappa shape index (κ2) is 9.82. The SMILES string of the molecule is CCOC(=O)C1=C(C)N=c2s/c(=C/c3ccc(-c4ccccc4[N+](=O)[O-])o3)c(=O)n2[C@@H]1c1ccccc1. The average molecular weight is 516 g/mol. The fourth-order valence-electron chi connectivity index (χ4n) is 4.29. The molecule has 2 aromatic carbocycles. The molecule has 0 spiro atoms. The van der Waals surface area contributed by atoms with E-state index in [1.807, 2.05) is 30.3 Å². The molecule has 4 aromatic rings. The van der Waals surface area contributed by atoms with Crippen LogP contribution in [0.25, 0.3) is 17.4 Å². The molecular weight excluding hydrogens is 494 g/mol. The van der Waals surface area contributed by atoms with Crippen LogP contribution in [0.15, 0.2) is 92.2 Å². The lowest BCUT2D eigenvalue weighted by Gasteiger charge is -2.24. The minimum atomic E-state index is -0.696. The van der Waals surface area contributed by atoms with E-state index < -0.39 is 16.9 Å². The van der Waals surface area contributed by atoms with Gasteiger partial charge in [0.15, 0.2) is 4.80 Å². The molecule has 3 heterocycles. The monoisotopic (exact) mass is 515 g/mol. The zero-order valence-corrected chi connectivity index (χ0v) is 20.7. The van der Waals surface area contributed by atoms with E-state index in [4.69, 9.17) is 9.15 Å². The highest BCUT2D eigenvalue weighted by molar-refractivity contribution is 7.07. The lowest BCUT2D eigenvalue weighted by atomic mass is 9.96. The molecule has 0 amide bonds. The van der Waals surface area contributed by atoms with E-state index in [9.17, 15) is 19.7 Å². The number of nitro benzene ring substituents is 1. The largest absolute Gasteiger partial charge is 0.463 e. The molecule has 0 saturated carbocycles. The maximum Gasteiger partial charge on any atom is 0.338 e. The van der Waals surface area contributed by atoms with Gasteiger partial charge in [0.25, 0.3) is 11.2 Å². The molecule has 2 aromatic heterocycles. The van der Waals surface area contributed by atoms with Gasteiger partial charge in [-0.3, -0.25) is 19.5 Å². The van der Waals surface area contributed by atoms with Crippen molar-refractivity contribution in [1.29, 1.82) is 0 Å². The number of nitro groups is 1. The first-order chi connectivity index (χ1) is 17.9. The summed E-state index contributed by atoms with van der Waals surface area (Å²) < 4.78 is 13.0. The van der Waals surface area contributed by atoms with Crippen molar-refractivity contribution in [3.05, 3.63) is 119 Å². The van der Waals surface area contributed by atoms with Crippen LogP contribution >= 0.6 is 11.3 Å². The Morgan fingerprint density at radius 2 is 1.89 bits per heavy atom. The van der Waals surface area contributed by atoms with Crippen LogP contribution in [0.3, 0.4) is 0 Å². The lowest BCUT2D eigenvalue weighted by molar-refractivity contribution is -0.384. The fraction of sp³-hybridized carbons (Fsp3) is 0.148. The van der Waals surface area contributed by atoms with Gasteiger partial charge in [0, 0.05) is 12.1 Å². The number of nitrogens with zero attached hydrogens (tertiary/aromatic N) is 3. The molecule has 1 atom stereocenters. The molecule has 1 aliphatic heterocycles. The van der Waals surface area contributed by atoms with E-state index in [-0.39, 0.29) is 17.9 Å². The number of rotatable bonds is 6. The summed E-state index contributed by atoms with van der Waals surface area (Å²) in [5, 5.41) is 11.4. The molecule has 1 aliphatic rings. The Labute approximate surface area is 214 Å². The summed E-state index contributed by atoms with van der Waals surface area (Å²) in [6, 6.07) is 18.1. The summed E-state index contributed by atoms with van der Waals surface area (Å²) in [5.41, 5.74) is 1.47. The number of furan rings is 1. The summed E-state index contributed by atoms with van der Waals surface area (Å²) in [5.74, 6) is 0.150. The van der Waals surface area contributed by atoms with Crippen molar-refractivity contribution in [3.8, 4) is 11.3 Å². The van der Waals surface area contributed by atoms with Crippen LogP contribution in [-0.4, -0.2) is 22.1 Å². The Kier molecular flexibility index (Phi) is 6.41. The number of benzene rings is 2. The van der Waals surface area contributed by atoms with Gasteiger partial charge >= 0.3 is 5.97 Å². The first-order valence-corrected chi connectivity index (χ1v) is 12.3. The van der Waals surface area contributed by atoms with Crippen molar-refractivity contribution >= 4 is 29.1 Å². The predicted molar refractivity (Wildman–Crippen MR) is 138 cm³/mol. The minimum absolute atomic E-state index is 0.0763. The highest BCUT2D eigenvalue weighted by atomic mass is 32.1. The normalized spacial score (nSPS) is 15.3. The van der Waals surface area contributed by atoms with E-state index in [0.29, 0.717) is 37.7 Å². The number of ether oxygens (including phenoxy) is 1. The van der Waals surface area contributed by atoms with E-state index in [1.54, 1.807) is 50.3 Å². The predicted octanol–water partition coefficient (Wildman–Crippen LogP) is 3.97. The third-order valence-electron chi connectivity index (χ3n) is 5.90. The van der Waals surface area contributed by atoms with Crippen LogP contribution in [0.5, 0.6) is 0 Å². The van der Waals surface area contributed by atoms with Gasteiger partial charge < -0.3 is 9.15 Å². The summed E-state index contributed by atoms with van der Waals surface area (Å²) in [6.07, 6.45) is 1.58. The van der Waals surface area contributed by atoms with Crippen LogP contribution in [0, 0.1) is 10.1 Å². The first kappa shape index (κ1) is 24.1. The molecule has 9 nitrogen and oxygen atoms in total. The van der Waals surface area contributed by atoms with E-state index in [2.05, 4.69) is 4.99 Å². The summed E-state index contributed by atoms with van der Waals surface area (Å²) >= 11 is 1.17. The quantitative estimate of drug-likeness (QED) is 0.218. The highest BCUT2D eigenvalue weighted by Gasteiger charge is 2.33. The Morgan fingerprint density at radius 1 is 1.16 bits per heavy atom. The summed E-state index contributed by atoms with van der Waals surface area (Å²) in [6.45, 7) is 3.65. The molecule has 0 aliphatic carbocycles. The first-order valence-electron chi connectivity index (χ1n) is 11.5. The molecule has 37 heavy (non-hydrogen) atoms. The van der Waals surface area contributed by atoms with Crippen LogP contribution < -0.4 is 14.9 Å². The maximum absolute atomic E-state index is 13.6. The van der Waals surface area contributed by atoms with Crippen molar-refractivity contribution in [2.75, 3.05) is 6.61 Å².